The molecule has 3 atom stereocenters. The first kappa shape index (κ1) is 16.2. The fourth-order valence-corrected chi connectivity index (χ4v) is 2.09. The Hall–Kier alpha value is -2.84. The highest BCUT2D eigenvalue weighted by molar-refractivity contribution is 5.98. The molecule has 3 unspecified atom stereocenters. The molecule has 0 fully saturated rings. The van der Waals surface area contributed by atoms with Gasteiger partial charge in [-0.05, 0) is 18.6 Å². The Balaban J connectivity index is 3.48. The lowest BCUT2D eigenvalue weighted by Crippen LogP contribution is -2.43. The van der Waals surface area contributed by atoms with Gasteiger partial charge in [-0.15, -0.1) is 0 Å². The average molecular weight is 296 g/mol. The number of hydrogen-bond donors (Lipinski definition) is 2. The summed E-state index contributed by atoms with van der Waals surface area (Å²) in [7, 11) is 0. The Morgan fingerprint density at radius 1 is 1.29 bits per heavy atom. The van der Waals surface area contributed by atoms with Crippen LogP contribution in [0.4, 0.5) is 0 Å². The summed E-state index contributed by atoms with van der Waals surface area (Å²) in [4.78, 5) is 47.5. The molecule has 0 saturated carbocycles. The SMILES string of the molecule is CC(=O)C(C(=O)O)C(c1cccnc1)C(C(=O)O)[N+](=O)[O-]. The molecule has 1 aromatic rings. The maximum atomic E-state index is 11.5. The van der Waals surface area contributed by atoms with Crippen molar-refractivity contribution in [3.63, 3.8) is 0 Å². The molecule has 1 heterocycles. The summed E-state index contributed by atoms with van der Waals surface area (Å²) < 4.78 is 0. The van der Waals surface area contributed by atoms with E-state index in [1.165, 1.54) is 18.3 Å². The molecule has 9 heteroatoms. The summed E-state index contributed by atoms with van der Waals surface area (Å²) in [5.41, 5.74) is 0.00389. The molecule has 112 valence electrons. The van der Waals surface area contributed by atoms with E-state index in [1.807, 2.05) is 0 Å². The Kier molecular flexibility index (Phi) is 5.06. The average Bonchev–Trinajstić information content (AvgIpc) is 2.37. The lowest BCUT2D eigenvalue weighted by molar-refractivity contribution is -0.515. The molecular weight excluding hydrogens is 284 g/mol. The predicted molar refractivity (Wildman–Crippen MR) is 67.2 cm³/mol. The van der Waals surface area contributed by atoms with Gasteiger partial charge in [0.05, 0.1) is 5.92 Å². The van der Waals surface area contributed by atoms with Crippen molar-refractivity contribution in [2.45, 2.75) is 18.9 Å². The molecule has 0 aliphatic rings. The Morgan fingerprint density at radius 3 is 2.24 bits per heavy atom. The Labute approximate surface area is 118 Å². The standard InChI is InChI=1S/C12H12N2O7/c1-6(15)8(11(16)17)9(7-3-2-4-13-5-7)10(12(18)19)14(20)21/h2-5,8-10H,1H3,(H,16,17)(H,18,19). The summed E-state index contributed by atoms with van der Waals surface area (Å²) in [6, 6.07) is 0.412. The molecule has 9 nitrogen and oxygen atoms in total. The van der Waals surface area contributed by atoms with Gasteiger partial charge in [0.1, 0.15) is 11.7 Å². The molecule has 2 N–H and O–H groups in total. The number of Topliss-reactive ketones (excluding diaryl/α,β-unsaturated/α-hetero) is 1. The quantitative estimate of drug-likeness (QED) is 0.411. The third-order valence-electron chi connectivity index (χ3n) is 2.95. The van der Waals surface area contributed by atoms with Gasteiger partial charge >= 0.3 is 18.0 Å². The first-order chi connectivity index (χ1) is 9.77. The number of carboxylic acids is 2. The van der Waals surface area contributed by atoms with Crippen molar-refractivity contribution in [3.8, 4) is 0 Å². The minimum Gasteiger partial charge on any atom is -0.481 e. The van der Waals surface area contributed by atoms with Crippen LogP contribution in [0.2, 0.25) is 0 Å². The largest absolute Gasteiger partial charge is 0.481 e. The van der Waals surface area contributed by atoms with Crippen LogP contribution >= 0.6 is 0 Å². The number of hydrogen-bond acceptors (Lipinski definition) is 6. The minimum absolute atomic E-state index is 0.00389. The molecule has 0 spiro atoms. The van der Waals surface area contributed by atoms with Crippen molar-refractivity contribution in [2.24, 2.45) is 5.92 Å². The summed E-state index contributed by atoms with van der Waals surface area (Å²) in [6.45, 7) is 0.945. The molecular formula is C12H12N2O7. The van der Waals surface area contributed by atoms with Crippen molar-refractivity contribution in [1.29, 1.82) is 0 Å². The van der Waals surface area contributed by atoms with Crippen LogP contribution in [0.25, 0.3) is 0 Å². The van der Waals surface area contributed by atoms with E-state index in [1.54, 1.807) is 0 Å². The van der Waals surface area contributed by atoms with Crippen molar-refractivity contribution in [3.05, 3.63) is 40.2 Å². The number of nitrogens with zero attached hydrogens (tertiary/aromatic N) is 2. The highest BCUT2D eigenvalue weighted by atomic mass is 16.6. The van der Waals surface area contributed by atoms with Gasteiger partial charge in [0.2, 0.25) is 0 Å². The molecule has 1 rings (SSSR count). The van der Waals surface area contributed by atoms with E-state index < -0.39 is 40.5 Å². The molecule has 0 bridgehead atoms. The van der Waals surface area contributed by atoms with Crippen LogP contribution in [0.1, 0.15) is 18.4 Å². The lowest BCUT2D eigenvalue weighted by atomic mass is 9.79. The summed E-state index contributed by atoms with van der Waals surface area (Å²) in [6.07, 6.45) is 2.45. The van der Waals surface area contributed by atoms with Gasteiger partial charge in [0.15, 0.2) is 0 Å². The highest BCUT2D eigenvalue weighted by Crippen LogP contribution is 2.31. The highest BCUT2D eigenvalue weighted by Gasteiger charge is 2.49. The maximum Gasteiger partial charge on any atom is 0.379 e. The van der Waals surface area contributed by atoms with Crippen LogP contribution in [-0.4, -0.2) is 43.9 Å². The van der Waals surface area contributed by atoms with Gasteiger partial charge in [0, 0.05) is 17.3 Å². The van der Waals surface area contributed by atoms with Crippen molar-refractivity contribution in [1.82, 2.24) is 4.98 Å². The van der Waals surface area contributed by atoms with Gasteiger partial charge in [0.25, 0.3) is 0 Å². The second-order valence-electron chi connectivity index (χ2n) is 4.31. The monoisotopic (exact) mass is 296 g/mol. The van der Waals surface area contributed by atoms with E-state index >= 15 is 0 Å². The van der Waals surface area contributed by atoms with Gasteiger partial charge < -0.3 is 10.2 Å². The van der Waals surface area contributed by atoms with Crippen LogP contribution in [0.3, 0.4) is 0 Å². The number of pyridine rings is 1. The fourth-order valence-electron chi connectivity index (χ4n) is 2.09. The number of ketones is 1. The summed E-state index contributed by atoms with van der Waals surface area (Å²) in [5, 5.41) is 29.2. The zero-order valence-corrected chi connectivity index (χ0v) is 10.9. The van der Waals surface area contributed by atoms with E-state index in [-0.39, 0.29) is 5.56 Å². The van der Waals surface area contributed by atoms with E-state index in [0.29, 0.717) is 0 Å². The van der Waals surface area contributed by atoms with Crippen LogP contribution in [-0.2, 0) is 14.4 Å². The smallest absolute Gasteiger partial charge is 0.379 e. The van der Waals surface area contributed by atoms with E-state index in [2.05, 4.69) is 4.98 Å². The normalized spacial score (nSPS) is 14.7. The summed E-state index contributed by atoms with van der Waals surface area (Å²) in [5.74, 6) is -7.81. The van der Waals surface area contributed by atoms with Gasteiger partial charge in [-0.25, -0.2) is 4.79 Å². The predicted octanol–water partition coefficient (Wildman–Crippen LogP) is 0.185. The first-order valence-corrected chi connectivity index (χ1v) is 5.76. The van der Waals surface area contributed by atoms with Gasteiger partial charge in [-0.2, -0.15) is 0 Å². The first-order valence-electron chi connectivity index (χ1n) is 5.76. The Bertz CT molecular complexity index is 512. The zero-order chi connectivity index (χ0) is 16.2. The molecule has 0 aromatic carbocycles. The molecule has 0 radical (unpaired) electrons. The minimum atomic E-state index is -2.26. The van der Waals surface area contributed by atoms with Crippen molar-refractivity contribution < 1.29 is 29.5 Å². The zero-order valence-electron chi connectivity index (χ0n) is 10.9. The van der Waals surface area contributed by atoms with Gasteiger partial charge in [-0.1, -0.05) is 6.07 Å². The third-order valence-corrected chi connectivity index (χ3v) is 2.95. The Morgan fingerprint density at radius 2 is 1.90 bits per heavy atom. The number of rotatable bonds is 7. The van der Waals surface area contributed by atoms with Crippen LogP contribution in [0.5, 0.6) is 0 Å². The summed E-state index contributed by atoms with van der Waals surface area (Å²) >= 11 is 0. The number of carbonyl (C=O) groups excluding carboxylic acids is 1. The second-order valence-corrected chi connectivity index (χ2v) is 4.31. The fraction of sp³-hybridized carbons (Fsp3) is 0.333. The van der Waals surface area contributed by atoms with Crippen LogP contribution in [0, 0.1) is 16.0 Å². The van der Waals surface area contributed by atoms with E-state index in [9.17, 15) is 24.5 Å². The van der Waals surface area contributed by atoms with Crippen molar-refractivity contribution >= 4 is 17.7 Å². The van der Waals surface area contributed by atoms with Crippen LogP contribution in [0.15, 0.2) is 24.5 Å². The second kappa shape index (κ2) is 6.55. The number of carbonyl (C=O) groups is 3. The molecule has 0 aliphatic heterocycles. The number of carboxylic acid groups (broad SMARTS) is 2. The van der Waals surface area contributed by atoms with Crippen molar-refractivity contribution in [2.75, 3.05) is 0 Å². The number of nitro groups is 1. The molecule has 21 heavy (non-hydrogen) atoms. The molecule has 0 saturated heterocycles. The molecule has 1 aromatic heterocycles. The van der Waals surface area contributed by atoms with E-state index in [4.69, 9.17) is 10.2 Å². The topological polar surface area (TPSA) is 148 Å². The molecule has 0 amide bonds. The third kappa shape index (κ3) is 3.59. The maximum absolute atomic E-state index is 11.5. The number of aromatic nitrogens is 1. The van der Waals surface area contributed by atoms with E-state index in [0.717, 1.165) is 13.1 Å². The lowest BCUT2D eigenvalue weighted by Gasteiger charge is -2.22. The number of aliphatic carboxylic acids is 2. The van der Waals surface area contributed by atoms with Crippen LogP contribution < -0.4 is 0 Å². The molecule has 0 aliphatic carbocycles. The van der Waals surface area contributed by atoms with Gasteiger partial charge in [-0.3, -0.25) is 24.7 Å².